The van der Waals surface area contributed by atoms with Crippen molar-refractivity contribution in [1.29, 1.82) is 0 Å². The maximum atomic E-state index is 6.85. The van der Waals surface area contributed by atoms with Gasteiger partial charge in [0.2, 0.25) is 0 Å². The van der Waals surface area contributed by atoms with Crippen LogP contribution in [0, 0.1) is 0 Å². The molecule has 30 heavy (non-hydrogen) atoms. The monoisotopic (exact) mass is 454 g/mol. The van der Waals surface area contributed by atoms with Gasteiger partial charge in [-0.2, -0.15) is 0 Å². The molecule has 0 heterocycles. The molecule has 3 aromatic carbocycles. The highest BCUT2D eigenvalue weighted by atomic mass is 35.5. The summed E-state index contributed by atoms with van der Waals surface area (Å²) in [6, 6.07) is 27.0. The van der Waals surface area contributed by atoms with Crippen molar-refractivity contribution < 1.29 is 4.43 Å². The number of allylic oxidation sites excluding steroid dienone is 1. The third kappa shape index (κ3) is 5.07. The summed E-state index contributed by atoms with van der Waals surface area (Å²) in [6.45, 7) is 7.42. The zero-order chi connectivity index (χ0) is 21.6. The van der Waals surface area contributed by atoms with Gasteiger partial charge in [-0.25, -0.2) is 0 Å². The van der Waals surface area contributed by atoms with Crippen LogP contribution in [0.2, 0.25) is 15.1 Å². The summed E-state index contributed by atoms with van der Waals surface area (Å²) in [5.41, 5.74) is 1.06. The van der Waals surface area contributed by atoms with E-state index in [2.05, 4.69) is 93.6 Å². The Balaban J connectivity index is 1.86. The second-order valence-corrected chi connectivity index (χ2v) is 13.5. The van der Waals surface area contributed by atoms with Gasteiger partial charge in [0, 0.05) is 10.0 Å². The first-order chi connectivity index (χ1) is 14.3. The molecule has 0 spiro atoms. The first-order valence-corrected chi connectivity index (χ1v) is 12.8. The van der Waals surface area contributed by atoms with Crippen LogP contribution in [0.4, 0.5) is 0 Å². The summed E-state index contributed by atoms with van der Waals surface area (Å²) >= 11 is 12.3. The number of halogens is 2. The minimum Gasteiger partial charge on any atom is -0.404 e. The van der Waals surface area contributed by atoms with Crippen LogP contribution in [0.3, 0.4) is 0 Å². The SMILES string of the molecule is CC(C)(C)[Si](OC/C=C\Cc1ccc(Cl)cc1Cl)(c1ccccc1)c1ccccc1. The van der Waals surface area contributed by atoms with E-state index in [1.165, 1.54) is 10.4 Å². The molecule has 0 aromatic heterocycles. The zero-order valence-electron chi connectivity index (χ0n) is 17.7. The van der Waals surface area contributed by atoms with E-state index in [9.17, 15) is 0 Å². The van der Waals surface area contributed by atoms with E-state index >= 15 is 0 Å². The minimum absolute atomic E-state index is 0.0248. The predicted molar refractivity (Wildman–Crippen MR) is 133 cm³/mol. The molecule has 0 N–H and O–H groups in total. The fraction of sp³-hybridized carbons (Fsp3) is 0.231. The zero-order valence-corrected chi connectivity index (χ0v) is 20.3. The maximum Gasteiger partial charge on any atom is 0.261 e. The summed E-state index contributed by atoms with van der Waals surface area (Å²) in [5.74, 6) is 0. The fourth-order valence-corrected chi connectivity index (χ4v) is 8.89. The van der Waals surface area contributed by atoms with Crippen molar-refractivity contribution in [2.45, 2.75) is 32.2 Å². The molecule has 4 heteroatoms. The molecule has 156 valence electrons. The van der Waals surface area contributed by atoms with Gasteiger partial charge >= 0.3 is 0 Å². The molecule has 0 bridgehead atoms. The second-order valence-electron chi connectivity index (χ2n) is 8.39. The summed E-state index contributed by atoms with van der Waals surface area (Å²) in [4.78, 5) is 0. The van der Waals surface area contributed by atoms with Crippen LogP contribution in [0.15, 0.2) is 91.0 Å². The number of benzene rings is 3. The van der Waals surface area contributed by atoms with Gasteiger partial charge in [-0.1, -0.05) is 123 Å². The average molecular weight is 456 g/mol. The molecule has 3 aromatic rings. The van der Waals surface area contributed by atoms with Gasteiger partial charge in [0.15, 0.2) is 0 Å². The Bertz CT molecular complexity index is 939. The van der Waals surface area contributed by atoms with Crippen molar-refractivity contribution in [2.75, 3.05) is 6.61 Å². The van der Waals surface area contributed by atoms with E-state index in [0.717, 1.165) is 12.0 Å². The maximum absolute atomic E-state index is 6.85. The number of rotatable bonds is 7. The van der Waals surface area contributed by atoms with Crippen molar-refractivity contribution in [2.24, 2.45) is 0 Å². The van der Waals surface area contributed by atoms with E-state index in [1.54, 1.807) is 6.07 Å². The molecule has 0 amide bonds. The standard InChI is InChI=1S/C26H28Cl2OSi/c1-26(2,3)30(23-13-6-4-7-14-23,24-15-8-5-9-16-24)29-19-11-10-12-21-17-18-22(27)20-25(21)28/h4-11,13-18,20H,12,19H2,1-3H3/b11-10-. The Morgan fingerprint density at radius 1 is 0.800 bits per heavy atom. The van der Waals surface area contributed by atoms with Crippen LogP contribution in [-0.2, 0) is 10.8 Å². The summed E-state index contributed by atoms with van der Waals surface area (Å²) in [7, 11) is -2.49. The molecule has 0 radical (unpaired) electrons. The van der Waals surface area contributed by atoms with Crippen LogP contribution in [0.1, 0.15) is 26.3 Å². The highest BCUT2D eigenvalue weighted by molar-refractivity contribution is 6.99. The van der Waals surface area contributed by atoms with Gasteiger partial charge in [-0.3, -0.25) is 0 Å². The highest BCUT2D eigenvalue weighted by Gasteiger charge is 2.49. The first kappa shape index (κ1) is 22.8. The molecule has 3 rings (SSSR count). The Hall–Kier alpha value is -1.84. The molecule has 0 atom stereocenters. The Morgan fingerprint density at radius 3 is 1.87 bits per heavy atom. The lowest BCUT2D eigenvalue weighted by molar-refractivity contribution is 0.339. The molecule has 0 unspecified atom stereocenters. The molecule has 0 saturated carbocycles. The Labute approximate surface area is 191 Å². The van der Waals surface area contributed by atoms with E-state index in [-0.39, 0.29) is 5.04 Å². The number of hydrogen-bond donors (Lipinski definition) is 0. The van der Waals surface area contributed by atoms with Crippen LogP contribution in [0.5, 0.6) is 0 Å². The van der Waals surface area contributed by atoms with Crippen molar-refractivity contribution in [1.82, 2.24) is 0 Å². The first-order valence-electron chi connectivity index (χ1n) is 10.2. The van der Waals surface area contributed by atoms with Gasteiger partial charge in [0.1, 0.15) is 0 Å². The van der Waals surface area contributed by atoms with Crippen molar-refractivity contribution in [3.8, 4) is 0 Å². The molecule has 1 nitrogen and oxygen atoms in total. The lowest BCUT2D eigenvalue weighted by Crippen LogP contribution is -2.66. The highest BCUT2D eigenvalue weighted by Crippen LogP contribution is 2.36. The van der Waals surface area contributed by atoms with Crippen LogP contribution >= 0.6 is 23.2 Å². The quantitative estimate of drug-likeness (QED) is 0.286. The third-order valence-electron chi connectivity index (χ3n) is 5.33. The number of hydrogen-bond acceptors (Lipinski definition) is 1. The molecule has 0 saturated heterocycles. The summed E-state index contributed by atoms with van der Waals surface area (Å²) < 4.78 is 6.85. The topological polar surface area (TPSA) is 9.23 Å². The summed E-state index contributed by atoms with van der Waals surface area (Å²) in [5, 5.41) is 3.90. The largest absolute Gasteiger partial charge is 0.404 e. The minimum atomic E-state index is -2.49. The van der Waals surface area contributed by atoms with Gasteiger partial charge in [0.25, 0.3) is 8.32 Å². The van der Waals surface area contributed by atoms with E-state index in [1.807, 2.05) is 12.1 Å². The Morgan fingerprint density at radius 2 is 1.37 bits per heavy atom. The third-order valence-corrected chi connectivity index (χ3v) is 10.9. The van der Waals surface area contributed by atoms with Crippen molar-refractivity contribution >= 4 is 41.9 Å². The van der Waals surface area contributed by atoms with Gasteiger partial charge in [-0.05, 0) is 39.5 Å². The molecule has 0 aliphatic rings. The molecular weight excluding hydrogens is 427 g/mol. The van der Waals surface area contributed by atoms with Crippen LogP contribution in [-0.4, -0.2) is 14.9 Å². The van der Waals surface area contributed by atoms with Crippen LogP contribution in [0.25, 0.3) is 0 Å². The van der Waals surface area contributed by atoms with E-state index < -0.39 is 8.32 Å². The van der Waals surface area contributed by atoms with Gasteiger partial charge in [-0.15, -0.1) is 0 Å². The normalized spacial score (nSPS) is 12.4. The fourth-order valence-electron chi connectivity index (χ4n) is 3.90. The van der Waals surface area contributed by atoms with Gasteiger partial charge in [0.05, 0.1) is 6.61 Å². The smallest absolute Gasteiger partial charge is 0.261 e. The lowest BCUT2D eigenvalue weighted by atomic mass is 10.1. The molecule has 0 fully saturated rings. The Kier molecular flexibility index (Phi) is 7.59. The van der Waals surface area contributed by atoms with Crippen molar-refractivity contribution in [3.63, 3.8) is 0 Å². The molecule has 0 aliphatic carbocycles. The predicted octanol–water partition coefficient (Wildman–Crippen LogP) is 6.67. The summed E-state index contributed by atoms with van der Waals surface area (Å²) in [6.07, 6.45) is 4.97. The average Bonchev–Trinajstić information content (AvgIpc) is 2.72. The van der Waals surface area contributed by atoms with E-state index in [0.29, 0.717) is 16.7 Å². The lowest BCUT2D eigenvalue weighted by Gasteiger charge is -2.42. The molecular formula is C26H28Cl2OSi. The molecule has 0 aliphatic heterocycles. The second kappa shape index (κ2) is 9.98. The van der Waals surface area contributed by atoms with Gasteiger partial charge < -0.3 is 4.43 Å². The van der Waals surface area contributed by atoms with Crippen molar-refractivity contribution in [3.05, 3.63) is 107 Å². The van der Waals surface area contributed by atoms with Crippen LogP contribution < -0.4 is 10.4 Å². The van der Waals surface area contributed by atoms with E-state index in [4.69, 9.17) is 27.6 Å².